The van der Waals surface area contributed by atoms with Gasteiger partial charge in [0.05, 0.1) is 18.2 Å². The first-order chi connectivity index (χ1) is 13.7. The Morgan fingerprint density at radius 2 is 1.93 bits per heavy atom. The van der Waals surface area contributed by atoms with Crippen LogP contribution in [0.1, 0.15) is 57.1 Å². The number of aromatic amines is 1. The van der Waals surface area contributed by atoms with Gasteiger partial charge in [0.15, 0.2) is 0 Å². The molecule has 152 valence electrons. The molecule has 1 N–H and O–H groups in total. The molecule has 1 saturated heterocycles. The van der Waals surface area contributed by atoms with Crippen LogP contribution in [0.4, 0.5) is 0 Å². The maximum absolute atomic E-state index is 12.9. The second kappa shape index (κ2) is 8.52. The van der Waals surface area contributed by atoms with E-state index in [1.807, 2.05) is 19.1 Å². The first-order valence-electron chi connectivity index (χ1n) is 10.6. The number of amides is 1. The van der Waals surface area contributed by atoms with E-state index in [1.165, 1.54) is 11.1 Å². The number of likely N-dealkylation sites (tertiary alicyclic amines) is 1. The Morgan fingerprint density at radius 1 is 1.18 bits per heavy atom. The molecule has 0 unspecified atom stereocenters. The van der Waals surface area contributed by atoms with Crippen LogP contribution in [0.2, 0.25) is 0 Å². The van der Waals surface area contributed by atoms with E-state index < -0.39 is 0 Å². The molecule has 0 spiro atoms. The number of rotatable bonds is 5. The van der Waals surface area contributed by atoms with E-state index in [2.05, 4.69) is 21.2 Å². The summed E-state index contributed by atoms with van der Waals surface area (Å²) in [6.45, 7) is 4.32. The van der Waals surface area contributed by atoms with Crippen LogP contribution in [0.3, 0.4) is 0 Å². The predicted molar refractivity (Wildman–Crippen MR) is 109 cm³/mol. The molecule has 28 heavy (non-hydrogen) atoms. The van der Waals surface area contributed by atoms with Crippen molar-refractivity contribution >= 4 is 16.8 Å². The lowest BCUT2D eigenvalue weighted by Gasteiger charge is -2.36. The topological polar surface area (TPSA) is 67.4 Å². The molecule has 4 rings (SSSR count). The fraction of sp³-hybridized carbons (Fsp3) is 0.636. The van der Waals surface area contributed by atoms with Crippen LogP contribution in [-0.4, -0.2) is 53.9 Å². The highest BCUT2D eigenvalue weighted by Crippen LogP contribution is 2.34. The average Bonchev–Trinajstić information content (AvgIpc) is 3.17. The number of benzene rings is 1. The third-order valence-corrected chi connectivity index (χ3v) is 6.44. The van der Waals surface area contributed by atoms with Crippen LogP contribution >= 0.6 is 0 Å². The number of hydrogen-bond donors (Lipinski definition) is 1. The molecule has 6 nitrogen and oxygen atoms in total. The molecule has 2 aliphatic rings. The highest BCUT2D eigenvalue weighted by molar-refractivity contribution is 5.83. The zero-order chi connectivity index (χ0) is 19.5. The molecule has 2 aromatic rings. The smallest absolute Gasteiger partial charge is 0.225 e. The van der Waals surface area contributed by atoms with Gasteiger partial charge in [-0.2, -0.15) is 5.10 Å². The van der Waals surface area contributed by atoms with Gasteiger partial charge in [0, 0.05) is 49.2 Å². The minimum atomic E-state index is 0.188. The Morgan fingerprint density at radius 3 is 2.61 bits per heavy atom. The quantitative estimate of drug-likeness (QED) is 0.848. The van der Waals surface area contributed by atoms with E-state index in [4.69, 9.17) is 9.47 Å². The van der Waals surface area contributed by atoms with Gasteiger partial charge in [0.1, 0.15) is 5.75 Å². The third-order valence-electron chi connectivity index (χ3n) is 6.44. The van der Waals surface area contributed by atoms with Crippen molar-refractivity contribution in [1.82, 2.24) is 15.1 Å². The molecule has 2 fully saturated rings. The van der Waals surface area contributed by atoms with Gasteiger partial charge >= 0.3 is 0 Å². The van der Waals surface area contributed by atoms with Gasteiger partial charge in [-0.3, -0.25) is 9.89 Å². The van der Waals surface area contributed by atoms with Crippen LogP contribution in [0, 0.1) is 5.92 Å². The summed E-state index contributed by atoms with van der Waals surface area (Å²) in [5, 5.41) is 8.90. The van der Waals surface area contributed by atoms with Crippen molar-refractivity contribution in [3.63, 3.8) is 0 Å². The lowest BCUT2D eigenvalue weighted by Crippen LogP contribution is -2.42. The first-order valence-corrected chi connectivity index (χ1v) is 10.6. The molecule has 0 bridgehead atoms. The second-order valence-electron chi connectivity index (χ2n) is 8.06. The molecule has 1 aromatic heterocycles. The zero-order valence-corrected chi connectivity index (χ0v) is 16.9. The van der Waals surface area contributed by atoms with Crippen molar-refractivity contribution in [3.8, 4) is 5.75 Å². The summed E-state index contributed by atoms with van der Waals surface area (Å²) in [5.74, 6) is 1.82. The fourth-order valence-corrected chi connectivity index (χ4v) is 4.77. The molecular weight excluding hydrogens is 354 g/mol. The number of nitrogens with one attached hydrogen (secondary N) is 1. The Kier molecular flexibility index (Phi) is 5.85. The maximum atomic E-state index is 12.9. The summed E-state index contributed by atoms with van der Waals surface area (Å²) >= 11 is 0. The van der Waals surface area contributed by atoms with Gasteiger partial charge in [-0.25, -0.2) is 0 Å². The number of nitrogens with zero attached hydrogens (tertiary/aromatic N) is 2. The molecule has 1 amide bonds. The first kappa shape index (κ1) is 19.2. The van der Waals surface area contributed by atoms with Crippen molar-refractivity contribution in [2.75, 3.05) is 26.8 Å². The number of piperidine rings is 1. The van der Waals surface area contributed by atoms with Gasteiger partial charge in [-0.05, 0) is 57.6 Å². The summed E-state index contributed by atoms with van der Waals surface area (Å²) in [6, 6.07) is 6.11. The average molecular weight is 386 g/mol. The third kappa shape index (κ3) is 3.88. The van der Waals surface area contributed by atoms with Crippen molar-refractivity contribution in [2.45, 2.75) is 57.5 Å². The largest absolute Gasteiger partial charge is 0.494 e. The number of ether oxygens (including phenoxy) is 2. The van der Waals surface area contributed by atoms with E-state index in [9.17, 15) is 4.79 Å². The van der Waals surface area contributed by atoms with Gasteiger partial charge in [-0.1, -0.05) is 0 Å². The highest BCUT2D eigenvalue weighted by atomic mass is 16.5. The number of H-pyrrole nitrogens is 1. The fourth-order valence-electron chi connectivity index (χ4n) is 4.77. The van der Waals surface area contributed by atoms with Crippen molar-refractivity contribution in [3.05, 3.63) is 23.9 Å². The summed E-state index contributed by atoms with van der Waals surface area (Å²) < 4.78 is 11.0. The van der Waals surface area contributed by atoms with E-state index in [0.717, 1.165) is 62.9 Å². The zero-order valence-electron chi connectivity index (χ0n) is 16.9. The molecule has 1 aliphatic carbocycles. The standard InChI is InChI=1S/C22H31N3O3/c1-3-28-18-8-9-19-20(14-18)23-24-21(19)15-10-12-25(13-11-15)22(26)16-4-6-17(27-2)7-5-16/h8-9,14-17H,3-7,10-13H2,1-2H3,(H,23,24). The number of carbonyl (C=O) groups excluding carboxylic acids is 1. The van der Waals surface area contributed by atoms with Gasteiger partial charge in [0.25, 0.3) is 0 Å². The number of methoxy groups -OCH3 is 1. The maximum Gasteiger partial charge on any atom is 0.225 e. The summed E-state index contributed by atoms with van der Waals surface area (Å²) in [6.07, 6.45) is 6.26. The lowest BCUT2D eigenvalue weighted by molar-refractivity contribution is -0.138. The van der Waals surface area contributed by atoms with Crippen molar-refractivity contribution < 1.29 is 14.3 Å². The van der Waals surface area contributed by atoms with Gasteiger partial charge < -0.3 is 14.4 Å². The highest BCUT2D eigenvalue weighted by Gasteiger charge is 2.32. The molecule has 0 radical (unpaired) electrons. The molecule has 1 aliphatic heterocycles. The lowest BCUT2D eigenvalue weighted by atomic mass is 9.85. The Hall–Kier alpha value is -2.08. The molecular formula is C22H31N3O3. The molecule has 1 saturated carbocycles. The summed E-state index contributed by atoms with van der Waals surface area (Å²) in [5.41, 5.74) is 2.15. The van der Waals surface area contributed by atoms with Crippen LogP contribution in [0.5, 0.6) is 5.75 Å². The number of fused-ring (bicyclic) bond motifs is 1. The van der Waals surface area contributed by atoms with Crippen molar-refractivity contribution in [1.29, 1.82) is 0 Å². The van der Waals surface area contributed by atoms with E-state index >= 15 is 0 Å². The number of aromatic nitrogens is 2. The Bertz CT molecular complexity index is 802. The van der Waals surface area contributed by atoms with E-state index in [1.54, 1.807) is 7.11 Å². The second-order valence-corrected chi connectivity index (χ2v) is 8.06. The van der Waals surface area contributed by atoms with Crippen LogP contribution in [0.15, 0.2) is 18.2 Å². The number of carbonyl (C=O) groups is 1. The van der Waals surface area contributed by atoms with Crippen LogP contribution in [0.25, 0.3) is 10.9 Å². The Labute approximate surface area is 166 Å². The summed E-state index contributed by atoms with van der Waals surface area (Å²) in [7, 11) is 1.77. The normalized spacial score (nSPS) is 23.9. The molecule has 2 heterocycles. The monoisotopic (exact) mass is 385 g/mol. The van der Waals surface area contributed by atoms with Crippen LogP contribution < -0.4 is 4.74 Å². The summed E-state index contributed by atoms with van der Waals surface area (Å²) in [4.78, 5) is 15.0. The molecule has 1 aromatic carbocycles. The predicted octanol–water partition coefficient (Wildman–Crippen LogP) is 3.87. The van der Waals surface area contributed by atoms with E-state index in [-0.39, 0.29) is 5.92 Å². The van der Waals surface area contributed by atoms with Crippen molar-refractivity contribution in [2.24, 2.45) is 5.92 Å². The minimum Gasteiger partial charge on any atom is -0.494 e. The Balaban J connectivity index is 1.36. The van der Waals surface area contributed by atoms with E-state index in [0.29, 0.717) is 24.5 Å². The number of hydrogen-bond acceptors (Lipinski definition) is 4. The minimum absolute atomic E-state index is 0.188. The molecule has 0 atom stereocenters. The van der Waals surface area contributed by atoms with Crippen LogP contribution in [-0.2, 0) is 9.53 Å². The van der Waals surface area contributed by atoms with Gasteiger partial charge in [-0.15, -0.1) is 0 Å². The SMILES string of the molecule is CCOc1ccc2c(C3CCN(C(=O)C4CCC(OC)CC4)CC3)[nH]nc2c1. The van der Waals surface area contributed by atoms with Gasteiger partial charge in [0.2, 0.25) is 5.91 Å². The molecule has 6 heteroatoms.